The van der Waals surface area contributed by atoms with Gasteiger partial charge in [-0.1, -0.05) is 34.6 Å². The minimum atomic E-state index is -0.404. The first-order valence-corrected chi connectivity index (χ1v) is 9.29. The molecule has 2 aliphatic rings. The van der Waals surface area contributed by atoms with Crippen LogP contribution in [0, 0.1) is 16.7 Å². The van der Waals surface area contributed by atoms with Gasteiger partial charge in [0.05, 0.1) is 5.92 Å². The highest BCUT2D eigenvalue weighted by molar-refractivity contribution is 7.12. The molecule has 0 fully saturated rings. The van der Waals surface area contributed by atoms with E-state index >= 15 is 0 Å². The Morgan fingerprint density at radius 3 is 2.56 bits per heavy atom. The van der Waals surface area contributed by atoms with Crippen molar-refractivity contribution in [2.24, 2.45) is 11.1 Å². The van der Waals surface area contributed by atoms with Crippen LogP contribution in [0.3, 0.4) is 0 Å². The molecule has 25 heavy (non-hydrogen) atoms. The maximum atomic E-state index is 12.9. The van der Waals surface area contributed by atoms with E-state index in [-0.39, 0.29) is 22.5 Å². The van der Waals surface area contributed by atoms with Crippen molar-refractivity contribution in [2.45, 2.75) is 58.8 Å². The van der Waals surface area contributed by atoms with Crippen molar-refractivity contribution in [1.82, 2.24) is 0 Å². The molecule has 3 rings (SSSR count). The van der Waals surface area contributed by atoms with Crippen molar-refractivity contribution in [1.29, 1.82) is 5.26 Å². The Bertz CT molecular complexity index is 844. The molecule has 0 amide bonds. The predicted molar refractivity (Wildman–Crippen MR) is 98.7 cm³/mol. The number of nitrogens with zero attached hydrogens (tertiary/aromatic N) is 1. The first-order chi connectivity index (χ1) is 11.5. The number of carbonyl (C=O) groups is 1. The second kappa shape index (κ2) is 5.74. The molecule has 0 spiro atoms. The molecule has 0 bridgehead atoms. The SMILES string of the molecule is CC1(C)CC(=O)C2=C(C1)OC(N)=C(C#N)[C@@H]2c1ccc(C(C)(C)C)s1. The van der Waals surface area contributed by atoms with Crippen LogP contribution in [-0.2, 0) is 14.9 Å². The number of nitrogens with two attached hydrogens (primary N) is 1. The van der Waals surface area contributed by atoms with E-state index in [0.29, 0.717) is 29.7 Å². The first kappa shape index (κ1) is 17.8. The molecule has 132 valence electrons. The molecule has 4 nitrogen and oxygen atoms in total. The Hall–Kier alpha value is -2.06. The van der Waals surface area contributed by atoms with Crippen molar-refractivity contribution in [3.8, 4) is 6.07 Å². The summed E-state index contributed by atoms with van der Waals surface area (Å²) in [5, 5.41) is 9.64. The molecule has 0 saturated heterocycles. The van der Waals surface area contributed by atoms with Gasteiger partial charge in [0.15, 0.2) is 5.78 Å². The first-order valence-electron chi connectivity index (χ1n) is 8.47. The largest absolute Gasteiger partial charge is 0.444 e. The second-order valence-electron chi connectivity index (χ2n) is 8.65. The Labute approximate surface area is 153 Å². The summed E-state index contributed by atoms with van der Waals surface area (Å²) < 4.78 is 5.72. The smallest absolute Gasteiger partial charge is 0.205 e. The van der Waals surface area contributed by atoms with Gasteiger partial charge in [-0.05, 0) is 23.0 Å². The molecule has 0 saturated carbocycles. The molecule has 1 atom stereocenters. The monoisotopic (exact) mass is 356 g/mol. The van der Waals surface area contributed by atoms with Crippen LogP contribution in [0.4, 0.5) is 0 Å². The van der Waals surface area contributed by atoms with Crippen LogP contribution in [0.2, 0.25) is 0 Å². The molecular formula is C20H24N2O2S. The van der Waals surface area contributed by atoms with Gasteiger partial charge in [-0.15, -0.1) is 11.3 Å². The van der Waals surface area contributed by atoms with Gasteiger partial charge in [-0.2, -0.15) is 5.26 Å². The summed E-state index contributed by atoms with van der Waals surface area (Å²) in [7, 11) is 0. The number of ether oxygens (including phenoxy) is 1. The number of ketones is 1. The van der Waals surface area contributed by atoms with Gasteiger partial charge in [-0.3, -0.25) is 4.79 Å². The average molecular weight is 356 g/mol. The Kier molecular flexibility index (Phi) is 4.08. The van der Waals surface area contributed by atoms with E-state index in [1.807, 2.05) is 6.07 Å². The fourth-order valence-electron chi connectivity index (χ4n) is 3.48. The Morgan fingerprint density at radius 1 is 1.32 bits per heavy atom. The zero-order valence-electron chi connectivity index (χ0n) is 15.4. The van der Waals surface area contributed by atoms with Crippen molar-refractivity contribution in [3.05, 3.63) is 44.7 Å². The van der Waals surface area contributed by atoms with Gasteiger partial charge in [0.25, 0.3) is 0 Å². The van der Waals surface area contributed by atoms with E-state index in [4.69, 9.17) is 10.5 Å². The summed E-state index contributed by atoms with van der Waals surface area (Å²) in [6, 6.07) is 6.27. The Morgan fingerprint density at radius 2 is 2.00 bits per heavy atom. The van der Waals surface area contributed by atoms with Gasteiger partial charge >= 0.3 is 0 Å². The molecule has 1 aliphatic carbocycles. The van der Waals surface area contributed by atoms with Crippen molar-refractivity contribution in [3.63, 3.8) is 0 Å². The van der Waals surface area contributed by atoms with Crippen molar-refractivity contribution < 1.29 is 9.53 Å². The fourth-order valence-corrected chi connectivity index (χ4v) is 4.67. The molecule has 0 unspecified atom stereocenters. The number of hydrogen-bond acceptors (Lipinski definition) is 5. The standard InChI is InChI=1S/C20H24N2O2S/c1-19(2,3)15-7-6-14(25-15)16-11(10-21)18(22)24-13-9-20(4,5)8-12(23)17(13)16/h6-7,16H,8-9,22H2,1-5H3/t16-/m1/s1. The van der Waals surface area contributed by atoms with E-state index in [2.05, 4.69) is 46.8 Å². The molecule has 2 heterocycles. The summed E-state index contributed by atoms with van der Waals surface area (Å²) in [6.07, 6.45) is 1.11. The van der Waals surface area contributed by atoms with Crippen LogP contribution >= 0.6 is 11.3 Å². The Balaban J connectivity index is 2.15. The normalized spacial score (nSPS) is 23.2. The topological polar surface area (TPSA) is 76.1 Å². The van der Waals surface area contributed by atoms with Crippen molar-refractivity contribution in [2.75, 3.05) is 0 Å². The van der Waals surface area contributed by atoms with E-state index in [9.17, 15) is 10.1 Å². The lowest BCUT2D eigenvalue weighted by molar-refractivity contribution is -0.119. The highest BCUT2D eigenvalue weighted by Gasteiger charge is 2.43. The quantitative estimate of drug-likeness (QED) is 0.804. The molecule has 5 heteroatoms. The lowest BCUT2D eigenvalue weighted by atomic mass is 9.71. The van der Waals surface area contributed by atoms with E-state index < -0.39 is 5.92 Å². The number of thiophene rings is 1. The van der Waals surface area contributed by atoms with Crippen LogP contribution < -0.4 is 5.73 Å². The van der Waals surface area contributed by atoms with Crippen LogP contribution in [0.5, 0.6) is 0 Å². The zero-order chi connectivity index (χ0) is 18.6. The summed E-state index contributed by atoms with van der Waals surface area (Å²) in [5.41, 5.74) is 6.87. The summed E-state index contributed by atoms with van der Waals surface area (Å²) >= 11 is 1.64. The summed E-state index contributed by atoms with van der Waals surface area (Å²) in [4.78, 5) is 15.1. The zero-order valence-corrected chi connectivity index (χ0v) is 16.2. The highest BCUT2D eigenvalue weighted by Crippen LogP contribution is 2.49. The second-order valence-corrected chi connectivity index (χ2v) is 9.77. The lowest BCUT2D eigenvalue weighted by Gasteiger charge is -2.36. The minimum Gasteiger partial charge on any atom is -0.444 e. The lowest BCUT2D eigenvalue weighted by Crippen LogP contribution is -2.33. The van der Waals surface area contributed by atoms with E-state index in [0.717, 1.165) is 4.88 Å². The van der Waals surface area contributed by atoms with E-state index in [1.54, 1.807) is 11.3 Å². The number of nitriles is 1. The van der Waals surface area contributed by atoms with Crippen LogP contribution in [0.15, 0.2) is 34.9 Å². The molecule has 2 N–H and O–H groups in total. The highest BCUT2D eigenvalue weighted by atomic mass is 32.1. The fraction of sp³-hybridized carbons (Fsp3) is 0.500. The minimum absolute atomic E-state index is 0.0198. The molecule has 0 radical (unpaired) electrons. The number of hydrogen-bond donors (Lipinski definition) is 1. The molecule has 1 aromatic rings. The van der Waals surface area contributed by atoms with Crippen molar-refractivity contribution >= 4 is 17.1 Å². The summed E-state index contributed by atoms with van der Waals surface area (Å²) in [5.74, 6) is 0.413. The van der Waals surface area contributed by atoms with Gasteiger partial charge in [0.1, 0.15) is 17.4 Å². The number of rotatable bonds is 1. The van der Waals surface area contributed by atoms with Gasteiger partial charge in [0, 0.05) is 28.2 Å². The molecule has 1 aliphatic heterocycles. The summed E-state index contributed by atoms with van der Waals surface area (Å²) in [6.45, 7) is 10.6. The number of Topliss-reactive ketones (excluding diaryl/α,β-unsaturated/α-hetero) is 1. The molecule has 1 aromatic heterocycles. The maximum Gasteiger partial charge on any atom is 0.205 e. The van der Waals surface area contributed by atoms with Crippen LogP contribution in [0.1, 0.15) is 63.1 Å². The van der Waals surface area contributed by atoms with Gasteiger partial charge in [0.2, 0.25) is 5.88 Å². The number of allylic oxidation sites excluding steroid dienone is 3. The molecular weight excluding hydrogens is 332 g/mol. The van der Waals surface area contributed by atoms with E-state index in [1.165, 1.54) is 4.88 Å². The number of carbonyl (C=O) groups excluding carboxylic acids is 1. The maximum absolute atomic E-state index is 12.9. The average Bonchev–Trinajstić information content (AvgIpc) is 2.93. The van der Waals surface area contributed by atoms with Crippen LogP contribution in [-0.4, -0.2) is 5.78 Å². The predicted octanol–water partition coefficient (Wildman–Crippen LogP) is 4.50. The van der Waals surface area contributed by atoms with Crippen LogP contribution in [0.25, 0.3) is 0 Å². The molecule has 0 aromatic carbocycles. The third kappa shape index (κ3) is 3.11. The van der Waals surface area contributed by atoms with Gasteiger partial charge in [-0.25, -0.2) is 0 Å². The van der Waals surface area contributed by atoms with Gasteiger partial charge < -0.3 is 10.5 Å². The third-order valence-electron chi connectivity index (χ3n) is 4.73. The third-order valence-corrected chi connectivity index (χ3v) is 6.30.